The second-order valence-corrected chi connectivity index (χ2v) is 5.86. The number of nitriles is 1. The van der Waals surface area contributed by atoms with Crippen LogP contribution in [0, 0.1) is 17.2 Å². The lowest BCUT2D eigenvalue weighted by atomic mass is 9.98. The second kappa shape index (κ2) is 6.80. The zero-order valence-corrected chi connectivity index (χ0v) is 12.7. The van der Waals surface area contributed by atoms with Crippen LogP contribution >= 0.6 is 0 Å². The van der Waals surface area contributed by atoms with E-state index in [1.54, 1.807) is 0 Å². The Labute approximate surface area is 131 Å². The van der Waals surface area contributed by atoms with Crippen LogP contribution in [0.3, 0.4) is 0 Å². The fourth-order valence-electron chi connectivity index (χ4n) is 3.16. The largest absolute Gasteiger partial charge is 0.381 e. The Morgan fingerprint density at radius 2 is 1.91 bits per heavy atom. The van der Waals surface area contributed by atoms with Gasteiger partial charge in [-0.05, 0) is 31.0 Å². The van der Waals surface area contributed by atoms with E-state index in [0.717, 1.165) is 44.7 Å². The minimum absolute atomic E-state index is 0.141. The highest BCUT2D eigenvalue weighted by molar-refractivity contribution is 5.79. The lowest BCUT2D eigenvalue weighted by molar-refractivity contribution is -0.138. The van der Waals surface area contributed by atoms with Crippen LogP contribution in [0.15, 0.2) is 24.3 Å². The van der Waals surface area contributed by atoms with Gasteiger partial charge < -0.3 is 14.5 Å². The molecule has 2 fully saturated rings. The van der Waals surface area contributed by atoms with Gasteiger partial charge in [0, 0.05) is 51.0 Å². The summed E-state index contributed by atoms with van der Waals surface area (Å²) in [4.78, 5) is 16.7. The van der Waals surface area contributed by atoms with Gasteiger partial charge in [-0.2, -0.15) is 5.26 Å². The lowest BCUT2D eigenvalue weighted by Crippen LogP contribution is -2.51. The van der Waals surface area contributed by atoms with Crippen LogP contribution in [0.2, 0.25) is 0 Å². The summed E-state index contributed by atoms with van der Waals surface area (Å²) in [6.45, 7) is 4.57. The smallest absolute Gasteiger partial charge is 0.225 e. The maximum atomic E-state index is 12.5. The summed E-state index contributed by atoms with van der Waals surface area (Å²) in [5, 5.41) is 8.99. The number of benzene rings is 1. The number of amides is 1. The van der Waals surface area contributed by atoms with Crippen LogP contribution in [0.5, 0.6) is 0 Å². The lowest BCUT2D eigenvalue weighted by Gasteiger charge is -2.38. The molecular formula is C17H21N3O2. The number of carbonyl (C=O) groups excluding carboxylic acids is 1. The number of hydrogen-bond acceptors (Lipinski definition) is 4. The van der Waals surface area contributed by atoms with Gasteiger partial charge in [-0.25, -0.2) is 0 Å². The molecule has 5 heteroatoms. The SMILES string of the molecule is N#Cc1cccc(N2CCN(C(=O)C3CCOCC3)CC2)c1. The van der Waals surface area contributed by atoms with Crippen LogP contribution in [0.25, 0.3) is 0 Å². The van der Waals surface area contributed by atoms with E-state index in [9.17, 15) is 4.79 Å². The molecule has 22 heavy (non-hydrogen) atoms. The summed E-state index contributed by atoms with van der Waals surface area (Å²) in [6, 6.07) is 9.83. The normalized spacial score (nSPS) is 19.8. The summed E-state index contributed by atoms with van der Waals surface area (Å²) < 4.78 is 5.33. The maximum Gasteiger partial charge on any atom is 0.225 e. The average molecular weight is 299 g/mol. The van der Waals surface area contributed by atoms with Crippen LogP contribution < -0.4 is 4.90 Å². The molecule has 1 amide bonds. The van der Waals surface area contributed by atoms with Gasteiger partial charge in [0.1, 0.15) is 0 Å². The fraction of sp³-hybridized carbons (Fsp3) is 0.529. The van der Waals surface area contributed by atoms with Gasteiger partial charge in [0.15, 0.2) is 0 Å². The van der Waals surface area contributed by atoms with Gasteiger partial charge in [-0.3, -0.25) is 4.79 Å². The molecule has 0 aliphatic carbocycles. The molecule has 0 saturated carbocycles. The first-order valence-corrected chi connectivity index (χ1v) is 7.89. The van der Waals surface area contributed by atoms with Crippen molar-refractivity contribution in [2.45, 2.75) is 12.8 Å². The summed E-state index contributed by atoms with van der Waals surface area (Å²) >= 11 is 0. The quantitative estimate of drug-likeness (QED) is 0.833. The highest BCUT2D eigenvalue weighted by Gasteiger charge is 2.28. The molecule has 2 heterocycles. The molecule has 0 radical (unpaired) electrons. The predicted octanol–water partition coefficient (Wildman–Crippen LogP) is 1.63. The van der Waals surface area contributed by atoms with Gasteiger partial charge in [0.25, 0.3) is 0 Å². The van der Waals surface area contributed by atoms with Crippen molar-refractivity contribution in [3.8, 4) is 6.07 Å². The van der Waals surface area contributed by atoms with E-state index < -0.39 is 0 Å². The number of nitrogens with zero attached hydrogens (tertiary/aromatic N) is 3. The Morgan fingerprint density at radius 3 is 2.59 bits per heavy atom. The molecule has 0 unspecified atom stereocenters. The zero-order valence-electron chi connectivity index (χ0n) is 12.7. The number of piperazine rings is 1. The van der Waals surface area contributed by atoms with Crippen molar-refractivity contribution in [3.05, 3.63) is 29.8 Å². The Bertz CT molecular complexity index is 568. The molecule has 0 aromatic heterocycles. The number of anilines is 1. The van der Waals surface area contributed by atoms with Crippen molar-refractivity contribution in [2.75, 3.05) is 44.3 Å². The van der Waals surface area contributed by atoms with Crippen molar-refractivity contribution < 1.29 is 9.53 Å². The molecule has 1 aromatic carbocycles. The Kier molecular flexibility index (Phi) is 4.59. The third kappa shape index (κ3) is 3.23. The Balaban J connectivity index is 1.57. The first-order valence-electron chi connectivity index (χ1n) is 7.89. The first-order chi connectivity index (χ1) is 10.8. The van der Waals surface area contributed by atoms with E-state index in [4.69, 9.17) is 10.00 Å². The van der Waals surface area contributed by atoms with Gasteiger partial charge in [0.05, 0.1) is 11.6 Å². The third-order valence-corrected chi connectivity index (χ3v) is 4.50. The van der Waals surface area contributed by atoms with Gasteiger partial charge >= 0.3 is 0 Å². The average Bonchev–Trinajstić information content (AvgIpc) is 2.62. The van der Waals surface area contributed by atoms with Crippen molar-refractivity contribution in [1.29, 1.82) is 5.26 Å². The summed E-state index contributed by atoms with van der Waals surface area (Å²) in [5.74, 6) is 0.427. The fourth-order valence-corrected chi connectivity index (χ4v) is 3.16. The summed E-state index contributed by atoms with van der Waals surface area (Å²) in [6.07, 6.45) is 1.70. The molecule has 2 aliphatic rings. The second-order valence-electron chi connectivity index (χ2n) is 5.86. The molecular weight excluding hydrogens is 278 g/mol. The maximum absolute atomic E-state index is 12.5. The number of ether oxygens (including phenoxy) is 1. The van der Waals surface area contributed by atoms with Crippen molar-refractivity contribution >= 4 is 11.6 Å². The minimum atomic E-state index is 0.141. The highest BCUT2D eigenvalue weighted by atomic mass is 16.5. The van der Waals surface area contributed by atoms with Gasteiger partial charge in [0.2, 0.25) is 5.91 Å². The van der Waals surface area contributed by atoms with E-state index in [-0.39, 0.29) is 11.8 Å². The molecule has 0 bridgehead atoms. The van der Waals surface area contributed by atoms with E-state index in [0.29, 0.717) is 18.8 Å². The van der Waals surface area contributed by atoms with Crippen molar-refractivity contribution in [3.63, 3.8) is 0 Å². The van der Waals surface area contributed by atoms with Crippen LogP contribution in [0.4, 0.5) is 5.69 Å². The molecule has 0 N–H and O–H groups in total. The number of carbonyl (C=O) groups is 1. The van der Waals surface area contributed by atoms with E-state index in [2.05, 4.69) is 11.0 Å². The Morgan fingerprint density at radius 1 is 1.18 bits per heavy atom. The number of hydrogen-bond donors (Lipinski definition) is 0. The minimum Gasteiger partial charge on any atom is -0.381 e. The van der Waals surface area contributed by atoms with Crippen LogP contribution in [0.1, 0.15) is 18.4 Å². The topological polar surface area (TPSA) is 56.6 Å². The summed E-state index contributed by atoms with van der Waals surface area (Å²) in [7, 11) is 0. The molecule has 1 aromatic rings. The van der Waals surface area contributed by atoms with Crippen molar-refractivity contribution in [2.24, 2.45) is 5.92 Å². The van der Waals surface area contributed by atoms with Gasteiger partial charge in [-0.15, -0.1) is 0 Å². The molecule has 0 spiro atoms. The molecule has 116 valence electrons. The van der Waals surface area contributed by atoms with Crippen LogP contribution in [-0.2, 0) is 9.53 Å². The van der Waals surface area contributed by atoms with E-state index in [1.165, 1.54) is 0 Å². The van der Waals surface area contributed by atoms with E-state index >= 15 is 0 Å². The summed E-state index contributed by atoms with van der Waals surface area (Å²) in [5.41, 5.74) is 1.75. The standard InChI is InChI=1S/C17H21N3O2/c18-13-14-2-1-3-16(12-14)19-6-8-20(9-7-19)17(21)15-4-10-22-11-5-15/h1-3,12,15H,4-11H2. The molecule has 2 saturated heterocycles. The first kappa shape index (κ1) is 14.9. The predicted molar refractivity (Wildman–Crippen MR) is 83.5 cm³/mol. The van der Waals surface area contributed by atoms with Gasteiger partial charge in [-0.1, -0.05) is 6.07 Å². The van der Waals surface area contributed by atoms with E-state index in [1.807, 2.05) is 29.2 Å². The molecule has 5 nitrogen and oxygen atoms in total. The van der Waals surface area contributed by atoms with Crippen molar-refractivity contribution in [1.82, 2.24) is 4.90 Å². The third-order valence-electron chi connectivity index (χ3n) is 4.50. The highest BCUT2D eigenvalue weighted by Crippen LogP contribution is 2.21. The molecule has 2 aliphatic heterocycles. The zero-order chi connectivity index (χ0) is 15.4. The molecule has 0 atom stereocenters. The Hall–Kier alpha value is -2.06. The molecule has 3 rings (SSSR count). The number of rotatable bonds is 2. The van der Waals surface area contributed by atoms with Crippen LogP contribution in [-0.4, -0.2) is 50.2 Å². The monoisotopic (exact) mass is 299 g/mol.